The lowest BCUT2D eigenvalue weighted by Crippen LogP contribution is -2.42. The highest BCUT2D eigenvalue weighted by atomic mass is 16.4. The lowest BCUT2D eigenvalue weighted by atomic mass is 10.1. The number of aliphatic carboxylic acids is 1. The van der Waals surface area contributed by atoms with Crippen LogP contribution in [0.2, 0.25) is 0 Å². The normalized spacial score (nSPS) is 14.4. The van der Waals surface area contributed by atoms with E-state index in [-0.39, 0.29) is 0 Å². The Hall–Kier alpha value is -2.04. The number of anilines is 1. The van der Waals surface area contributed by atoms with E-state index in [0.717, 1.165) is 19.3 Å². The average molecular weight is 276 g/mol. The van der Waals surface area contributed by atoms with Crippen LogP contribution in [0.15, 0.2) is 18.2 Å². The highest BCUT2D eigenvalue weighted by Crippen LogP contribution is 2.24. The maximum atomic E-state index is 11.8. The van der Waals surface area contributed by atoms with Crippen LogP contribution in [0.4, 0.5) is 10.5 Å². The molecule has 3 N–H and O–H groups in total. The van der Waals surface area contributed by atoms with Crippen LogP contribution in [0.25, 0.3) is 0 Å². The lowest BCUT2D eigenvalue weighted by Gasteiger charge is -2.14. The van der Waals surface area contributed by atoms with Crippen molar-refractivity contribution in [3.05, 3.63) is 29.3 Å². The smallest absolute Gasteiger partial charge is 0.326 e. The van der Waals surface area contributed by atoms with Crippen LogP contribution in [-0.4, -0.2) is 23.1 Å². The second kappa shape index (κ2) is 6.41. The van der Waals surface area contributed by atoms with Crippen molar-refractivity contribution in [1.29, 1.82) is 0 Å². The predicted molar refractivity (Wildman–Crippen MR) is 77.0 cm³/mol. The van der Waals surface area contributed by atoms with Gasteiger partial charge in [-0.2, -0.15) is 0 Å². The molecule has 0 heterocycles. The van der Waals surface area contributed by atoms with Gasteiger partial charge in [0.1, 0.15) is 6.04 Å². The van der Waals surface area contributed by atoms with Crippen LogP contribution in [0.3, 0.4) is 0 Å². The lowest BCUT2D eigenvalue weighted by molar-refractivity contribution is -0.139. The molecule has 1 aromatic carbocycles. The third-order valence-electron chi connectivity index (χ3n) is 3.54. The minimum Gasteiger partial charge on any atom is -0.480 e. The number of amides is 2. The third kappa shape index (κ3) is 3.50. The van der Waals surface area contributed by atoms with Gasteiger partial charge in [0.25, 0.3) is 0 Å². The fourth-order valence-corrected chi connectivity index (χ4v) is 2.52. The van der Waals surface area contributed by atoms with Gasteiger partial charge >= 0.3 is 12.0 Å². The number of carbonyl (C=O) groups excluding carboxylic acids is 1. The molecule has 1 aliphatic rings. The number of hydrogen-bond donors (Lipinski definition) is 3. The predicted octanol–water partition coefficient (Wildman–Crippen LogP) is 2.55. The van der Waals surface area contributed by atoms with Gasteiger partial charge in [0, 0.05) is 5.69 Å². The molecule has 0 aromatic heterocycles. The number of nitrogens with one attached hydrogen (secondary N) is 2. The van der Waals surface area contributed by atoms with Gasteiger partial charge in [0.05, 0.1) is 0 Å². The summed E-state index contributed by atoms with van der Waals surface area (Å²) in [5.74, 6) is -1.00. The summed E-state index contributed by atoms with van der Waals surface area (Å²) < 4.78 is 0. The Balaban J connectivity index is 1.95. The minimum atomic E-state index is -1.00. The Labute approximate surface area is 118 Å². The molecule has 2 rings (SSSR count). The van der Waals surface area contributed by atoms with E-state index in [2.05, 4.69) is 10.6 Å². The van der Waals surface area contributed by atoms with Gasteiger partial charge in [-0.05, 0) is 48.9 Å². The molecule has 0 bridgehead atoms. The summed E-state index contributed by atoms with van der Waals surface area (Å²) in [6.45, 7) is 1.88. The van der Waals surface area contributed by atoms with E-state index < -0.39 is 18.0 Å². The summed E-state index contributed by atoms with van der Waals surface area (Å²) in [7, 11) is 0. The molecule has 0 saturated carbocycles. The van der Waals surface area contributed by atoms with E-state index in [1.165, 1.54) is 11.1 Å². The van der Waals surface area contributed by atoms with Crippen molar-refractivity contribution in [2.75, 3.05) is 5.32 Å². The first-order valence-corrected chi connectivity index (χ1v) is 7.02. The molecule has 0 saturated heterocycles. The number of fused-ring (bicyclic) bond motifs is 1. The molecule has 1 aliphatic carbocycles. The summed E-state index contributed by atoms with van der Waals surface area (Å²) in [5, 5.41) is 14.2. The number of rotatable bonds is 5. The van der Waals surface area contributed by atoms with Crippen molar-refractivity contribution in [2.24, 2.45) is 0 Å². The van der Waals surface area contributed by atoms with Gasteiger partial charge in [-0.15, -0.1) is 0 Å². The number of benzene rings is 1. The second-order valence-corrected chi connectivity index (χ2v) is 5.12. The van der Waals surface area contributed by atoms with Gasteiger partial charge in [-0.25, -0.2) is 9.59 Å². The maximum absolute atomic E-state index is 11.8. The number of urea groups is 1. The largest absolute Gasteiger partial charge is 0.480 e. The van der Waals surface area contributed by atoms with Crippen molar-refractivity contribution in [1.82, 2.24) is 5.32 Å². The van der Waals surface area contributed by atoms with Gasteiger partial charge in [-0.3, -0.25) is 0 Å². The van der Waals surface area contributed by atoms with Gasteiger partial charge in [0.2, 0.25) is 0 Å². The van der Waals surface area contributed by atoms with Crippen LogP contribution in [0.1, 0.15) is 37.3 Å². The van der Waals surface area contributed by atoms with E-state index in [1.807, 2.05) is 25.1 Å². The van der Waals surface area contributed by atoms with Crippen molar-refractivity contribution < 1.29 is 14.7 Å². The quantitative estimate of drug-likeness (QED) is 0.773. The van der Waals surface area contributed by atoms with E-state index in [0.29, 0.717) is 18.5 Å². The SMILES string of the molecule is CCCC(NC(=O)Nc1ccc2c(c1)CCC2)C(=O)O. The summed E-state index contributed by atoms with van der Waals surface area (Å²) in [4.78, 5) is 22.8. The fraction of sp³-hybridized carbons (Fsp3) is 0.467. The fourth-order valence-electron chi connectivity index (χ4n) is 2.52. The summed E-state index contributed by atoms with van der Waals surface area (Å²) in [6, 6.07) is 4.55. The molecule has 0 aliphatic heterocycles. The first-order chi connectivity index (χ1) is 9.60. The van der Waals surface area contributed by atoms with Crippen molar-refractivity contribution in [3.8, 4) is 0 Å². The monoisotopic (exact) mass is 276 g/mol. The van der Waals surface area contributed by atoms with E-state index in [1.54, 1.807) is 0 Å². The highest BCUT2D eigenvalue weighted by Gasteiger charge is 2.19. The molecule has 2 amide bonds. The number of carboxylic acid groups (broad SMARTS) is 1. The number of hydrogen-bond acceptors (Lipinski definition) is 2. The van der Waals surface area contributed by atoms with Crippen molar-refractivity contribution >= 4 is 17.7 Å². The molecule has 0 spiro atoms. The van der Waals surface area contributed by atoms with Crippen LogP contribution in [-0.2, 0) is 17.6 Å². The Morgan fingerprint density at radius 1 is 1.30 bits per heavy atom. The maximum Gasteiger partial charge on any atom is 0.326 e. The zero-order chi connectivity index (χ0) is 14.5. The summed E-state index contributed by atoms with van der Waals surface area (Å²) >= 11 is 0. The van der Waals surface area contributed by atoms with E-state index in [9.17, 15) is 9.59 Å². The first kappa shape index (κ1) is 14.4. The Morgan fingerprint density at radius 3 is 2.75 bits per heavy atom. The zero-order valence-corrected chi connectivity index (χ0v) is 11.6. The molecule has 1 atom stereocenters. The molecule has 20 heavy (non-hydrogen) atoms. The molecule has 1 aromatic rings. The standard InChI is InChI=1S/C15H20N2O3/c1-2-4-13(14(18)19)17-15(20)16-12-8-7-10-5-3-6-11(10)9-12/h7-9,13H,2-6H2,1H3,(H,18,19)(H2,16,17,20). The van der Waals surface area contributed by atoms with Gasteiger partial charge < -0.3 is 15.7 Å². The van der Waals surface area contributed by atoms with E-state index >= 15 is 0 Å². The Morgan fingerprint density at radius 2 is 2.05 bits per heavy atom. The third-order valence-corrected chi connectivity index (χ3v) is 3.54. The van der Waals surface area contributed by atoms with Gasteiger partial charge in [-0.1, -0.05) is 19.4 Å². The van der Waals surface area contributed by atoms with Crippen LogP contribution >= 0.6 is 0 Å². The number of aryl methyl sites for hydroxylation is 2. The van der Waals surface area contributed by atoms with Crippen molar-refractivity contribution in [3.63, 3.8) is 0 Å². The average Bonchev–Trinajstić information content (AvgIpc) is 2.85. The molecule has 108 valence electrons. The molecule has 1 unspecified atom stereocenters. The topological polar surface area (TPSA) is 78.4 Å². The first-order valence-electron chi connectivity index (χ1n) is 7.02. The molecular weight excluding hydrogens is 256 g/mol. The molecule has 0 fully saturated rings. The Kier molecular flexibility index (Phi) is 4.61. The van der Waals surface area contributed by atoms with E-state index in [4.69, 9.17) is 5.11 Å². The molecule has 0 radical (unpaired) electrons. The minimum absolute atomic E-state index is 0.424. The molecular formula is C15H20N2O3. The van der Waals surface area contributed by atoms with Gasteiger partial charge in [0.15, 0.2) is 0 Å². The molecule has 5 heteroatoms. The Bertz CT molecular complexity index is 514. The van der Waals surface area contributed by atoms with Crippen LogP contribution in [0, 0.1) is 0 Å². The highest BCUT2D eigenvalue weighted by molar-refractivity contribution is 5.92. The zero-order valence-electron chi connectivity index (χ0n) is 11.6. The molecule has 5 nitrogen and oxygen atoms in total. The van der Waals surface area contributed by atoms with Crippen LogP contribution < -0.4 is 10.6 Å². The number of carbonyl (C=O) groups is 2. The summed E-state index contributed by atoms with van der Waals surface area (Å²) in [6.07, 6.45) is 4.42. The number of carboxylic acids is 1. The second-order valence-electron chi connectivity index (χ2n) is 5.12. The summed E-state index contributed by atoms with van der Waals surface area (Å²) in [5.41, 5.74) is 3.32. The van der Waals surface area contributed by atoms with Crippen LogP contribution in [0.5, 0.6) is 0 Å². The van der Waals surface area contributed by atoms with Crippen molar-refractivity contribution in [2.45, 2.75) is 45.1 Å².